The van der Waals surface area contributed by atoms with Crippen molar-refractivity contribution in [3.8, 4) is 34.8 Å². The van der Waals surface area contributed by atoms with Gasteiger partial charge in [0, 0.05) is 30.9 Å². The highest BCUT2D eigenvalue weighted by atomic mass is 16.5. The Morgan fingerprint density at radius 2 is 1.80 bits per heavy atom. The van der Waals surface area contributed by atoms with Crippen LogP contribution in [0.5, 0.6) is 28.7 Å². The lowest BCUT2D eigenvalue weighted by atomic mass is 10.2. The summed E-state index contributed by atoms with van der Waals surface area (Å²) < 4.78 is 19.5. The van der Waals surface area contributed by atoms with Gasteiger partial charge in [0.1, 0.15) is 40.2 Å². The number of nitrogens with zero attached hydrogens (tertiary/aromatic N) is 4. The van der Waals surface area contributed by atoms with E-state index in [9.17, 15) is 5.26 Å². The highest BCUT2D eigenvalue weighted by molar-refractivity contribution is 5.93. The molecule has 0 aliphatic carbocycles. The molecule has 3 aromatic carbocycles. The number of methoxy groups -OCH3 is 1. The van der Waals surface area contributed by atoms with E-state index >= 15 is 0 Å². The molecule has 0 radical (unpaired) electrons. The number of nitriles is 1. The summed E-state index contributed by atoms with van der Waals surface area (Å²) in [6.45, 7) is 2.33. The molecule has 1 aliphatic rings. The third-order valence-corrected chi connectivity index (χ3v) is 6.76. The molecule has 5 aromatic rings. The van der Waals surface area contributed by atoms with Crippen LogP contribution in [0.4, 0.5) is 5.82 Å². The van der Waals surface area contributed by atoms with E-state index in [1.54, 1.807) is 37.6 Å². The zero-order valence-electron chi connectivity index (χ0n) is 22.0. The molecule has 40 heavy (non-hydrogen) atoms. The fraction of sp³-hybridized carbons (Fsp3) is 0.194. The van der Waals surface area contributed by atoms with Crippen LogP contribution in [0.15, 0.2) is 85.1 Å². The van der Waals surface area contributed by atoms with E-state index in [0.717, 1.165) is 36.2 Å². The van der Waals surface area contributed by atoms with Gasteiger partial charge >= 0.3 is 0 Å². The summed E-state index contributed by atoms with van der Waals surface area (Å²) >= 11 is 0. The Hall–Kier alpha value is -5.07. The number of aromatic nitrogens is 3. The Morgan fingerprint density at radius 3 is 2.55 bits per heavy atom. The molecule has 2 N–H and O–H groups in total. The minimum atomic E-state index is 0.240. The van der Waals surface area contributed by atoms with Crippen molar-refractivity contribution < 1.29 is 14.2 Å². The molecule has 0 bridgehead atoms. The van der Waals surface area contributed by atoms with Crippen LogP contribution in [0, 0.1) is 11.3 Å². The molecule has 1 aliphatic heterocycles. The van der Waals surface area contributed by atoms with E-state index in [-0.39, 0.29) is 6.04 Å². The molecule has 6 rings (SSSR count). The fourth-order valence-electron chi connectivity index (χ4n) is 4.73. The maximum absolute atomic E-state index is 9.91. The average Bonchev–Trinajstić information content (AvgIpc) is 3.63. The highest BCUT2D eigenvalue weighted by Crippen LogP contribution is 2.37. The van der Waals surface area contributed by atoms with E-state index in [2.05, 4.69) is 21.7 Å². The largest absolute Gasteiger partial charge is 0.497 e. The van der Waals surface area contributed by atoms with Gasteiger partial charge in [-0.2, -0.15) is 10.4 Å². The predicted molar refractivity (Wildman–Crippen MR) is 152 cm³/mol. The number of ether oxygens (including phenoxy) is 3. The van der Waals surface area contributed by atoms with Crippen molar-refractivity contribution in [1.82, 2.24) is 20.1 Å². The molecule has 0 unspecified atom stereocenters. The van der Waals surface area contributed by atoms with Crippen molar-refractivity contribution in [2.75, 3.05) is 25.5 Å². The van der Waals surface area contributed by atoms with E-state index < -0.39 is 0 Å². The zero-order valence-corrected chi connectivity index (χ0v) is 22.0. The summed E-state index contributed by atoms with van der Waals surface area (Å²) in [5.74, 6) is 3.73. The average molecular weight is 533 g/mol. The second-order valence-corrected chi connectivity index (χ2v) is 9.48. The lowest BCUT2D eigenvalue weighted by Crippen LogP contribution is -2.22. The van der Waals surface area contributed by atoms with Crippen molar-refractivity contribution in [3.63, 3.8) is 0 Å². The quantitative estimate of drug-likeness (QED) is 0.248. The number of hydrogen-bond donors (Lipinski definition) is 2. The van der Waals surface area contributed by atoms with Crippen molar-refractivity contribution >= 4 is 16.9 Å². The smallest absolute Gasteiger partial charge is 0.164 e. The summed E-state index contributed by atoms with van der Waals surface area (Å²) in [6.07, 6.45) is 2.69. The van der Waals surface area contributed by atoms with E-state index in [1.165, 1.54) is 0 Å². The molecule has 1 fully saturated rings. The molecular weight excluding hydrogens is 504 g/mol. The molecule has 9 heteroatoms. The van der Waals surface area contributed by atoms with Crippen LogP contribution in [0.1, 0.15) is 17.5 Å². The van der Waals surface area contributed by atoms with Gasteiger partial charge in [-0.1, -0.05) is 30.3 Å². The van der Waals surface area contributed by atoms with Gasteiger partial charge in [-0.25, -0.2) is 9.67 Å². The topological polar surface area (TPSA) is 106 Å². The molecule has 3 heterocycles. The van der Waals surface area contributed by atoms with Gasteiger partial charge in [0.2, 0.25) is 0 Å². The predicted octanol–water partition coefficient (Wildman–Crippen LogP) is 5.72. The molecular formula is C31H28N6O3. The maximum atomic E-state index is 9.91. The van der Waals surface area contributed by atoms with Crippen LogP contribution in [0.25, 0.3) is 11.0 Å². The number of anilines is 1. The van der Waals surface area contributed by atoms with Gasteiger partial charge < -0.3 is 24.8 Å². The Labute approximate surface area is 231 Å². The van der Waals surface area contributed by atoms with Crippen LogP contribution in [-0.4, -0.2) is 41.0 Å². The van der Waals surface area contributed by atoms with Crippen molar-refractivity contribution in [2.45, 2.75) is 19.0 Å². The van der Waals surface area contributed by atoms with Gasteiger partial charge in [-0.05, 0) is 54.9 Å². The second kappa shape index (κ2) is 11.4. The van der Waals surface area contributed by atoms with Gasteiger partial charge in [-0.15, -0.1) is 0 Å². The first-order chi connectivity index (χ1) is 19.7. The van der Waals surface area contributed by atoms with Crippen LogP contribution in [0.3, 0.4) is 0 Å². The number of pyridine rings is 1. The summed E-state index contributed by atoms with van der Waals surface area (Å²) in [5.41, 5.74) is 2.11. The van der Waals surface area contributed by atoms with E-state index in [0.29, 0.717) is 46.6 Å². The molecule has 1 atom stereocenters. The standard InChI is InChI=1S/C31H28N6O3/c1-38-24-9-7-21(8-10-24)20-37-31-29(30(36-37)35-23-13-15-33-19-23)28(14-16-34-31)40-27-12-11-26(17-22(27)18-32)39-25-5-3-2-4-6-25/h2-12,14,16-17,23,33H,13,15,19-20H2,1H3,(H,35,36)/t23-/m1/s1. The van der Waals surface area contributed by atoms with Crippen molar-refractivity contribution in [2.24, 2.45) is 0 Å². The third-order valence-electron chi connectivity index (χ3n) is 6.76. The molecule has 0 spiro atoms. The first kappa shape index (κ1) is 25.2. The summed E-state index contributed by atoms with van der Waals surface area (Å²) in [6, 6.07) is 26.8. The normalized spacial score (nSPS) is 14.6. The third kappa shape index (κ3) is 5.39. The SMILES string of the molecule is COc1ccc(Cn2nc(N[C@@H]3CCNC3)c3c(Oc4ccc(Oc5ccccc5)cc4C#N)ccnc32)cc1. The minimum Gasteiger partial charge on any atom is -0.497 e. The Kier molecular flexibility index (Phi) is 7.16. The van der Waals surface area contributed by atoms with Crippen LogP contribution < -0.4 is 24.8 Å². The number of benzene rings is 3. The molecule has 1 saturated heterocycles. The number of para-hydroxylation sites is 1. The molecule has 2 aromatic heterocycles. The fourth-order valence-corrected chi connectivity index (χ4v) is 4.73. The van der Waals surface area contributed by atoms with E-state index in [4.69, 9.17) is 19.3 Å². The summed E-state index contributed by atoms with van der Waals surface area (Å²) in [5, 5.41) is 22.6. The minimum absolute atomic E-state index is 0.240. The Morgan fingerprint density at radius 1 is 0.975 bits per heavy atom. The lowest BCUT2D eigenvalue weighted by Gasteiger charge is -2.13. The summed E-state index contributed by atoms with van der Waals surface area (Å²) in [4.78, 5) is 4.67. The first-order valence-corrected chi connectivity index (χ1v) is 13.1. The number of hydrogen-bond acceptors (Lipinski definition) is 8. The number of rotatable bonds is 9. The maximum Gasteiger partial charge on any atom is 0.164 e. The highest BCUT2D eigenvalue weighted by Gasteiger charge is 2.22. The monoisotopic (exact) mass is 532 g/mol. The van der Waals surface area contributed by atoms with Gasteiger partial charge in [0.15, 0.2) is 11.5 Å². The van der Waals surface area contributed by atoms with Gasteiger partial charge in [-0.3, -0.25) is 0 Å². The second-order valence-electron chi connectivity index (χ2n) is 9.48. The molecule has 0 saturated carbocycles. The van der Waals surface area contributed by atoms with Gasteiger partial charge in [0.05, 0.1) is 19.2 Å². The zero-order chi connectivity index (χ0) is 27.3. The number of fused-ring (bicyclic) bond motifs is 1. The van der Waals surface area contributed by atoms with Crippen molar-refractivity contribution in [3.05, 3.63) is 96.2 Å². The van der Waals surface area contributed by atoms with Crippen LogP contribution in [0.2, 0.25) is 0 Å². The molecule has 200 valence electrons. The first-order valence-electron chi connectivity index (χ1n) is 13.1. The Bertz CT molecular complexity index is 1660. The molecule has 9 nitrogen and oxygen atoms in total. The van der Waals surface area contributed by atoms with Crippen LogP contribution >= 0.6 is 0 Å². The van der Waals surface area contributed by atoms with E-state index in [1.807, 2.05) is 59.3 Å². The van der Waals surface area contributed by atoms with Gasteiger partial charge in [0.25, 0.3) is 0 Å². The number of nitrogens with one attached hydrogen (secondary N) is 2. The summed E-state index contributed by atoms with van der Waals surface area (Å²) in [7, 11) is 1.65. The molecule has 0 amide bonds. The van der Waals surface area contributed by atoms with Crippen molar-refractivity contribution in [1.29, 1.82) is 5.26 Å². The Balaban J connectivity index is 1.35. The lowest BCUT2D eigenvalue weighted by molar-refractivity contribution is 0.414. The van der Waals surface area contributed by atoms with Crippen LogP contribution in [-0.2, 0) is 6.54 Å².